The summed E-state index contributed by atoms with van der Waals surface area (Å²) in [5.41, 5.74) is 1.38. The van der Waals surface area contributed by atoms with Crippen LogP contribution in [0.1, 0.15) is 16.1 Å². The number of hydrogen-bond acceptors (Lipinski definition) is 2. The van der Waals surface area contributed by atoms with Gasteiger partial charge in [0.15, 0.2) is 11.5 Å². The Morgan fingerprint density at radius 3 is 2.42 bits per heavy atom. The van der Waals surface area contributed by atoms with Crippen molar-refractivity contribution in [3.8, 4) is 28.3 Å². The third kappa shape index (κ3) is 3.69. The molecule has 0 spiro atoms. The molecule has 0 saturated carbocycles. The van der Waals surface area contributed by atoms with Crippen molar-refractivity contribution in [2.75, 3.05) is 0 Å². The van der Waals surface area contributed by atoms with Crippen LogP contribution >= 0.6 is 23.2 Å². The zero-order chi connectivity index (χ0) is 22.3. The molecule has 1 heterocycles. The average Bonchev–Trinajstić information content (AvgIpc) is 3.13. The highest BCUT2D eigenvalue weighted by atomic mass is 35.5. The molecule has 0 aliphatic rings. The van der Waals surface area contributed by atoms with Gasteiger partial charge in [0.05, 0.1) is 21.4 Å². The lowest BCUT2D eigenvalue weighted by Gasteiger charge is -2.15. The van der Waals surface area contributed by atoms with E-state index in [2.05, 4.69) is 4.98 Å². The minimum Gasteiger partial charge on any atom is -0.476 e. The van der Waals surface area contributed by atoms with Crippen molar-refractivity contribution in [3.63, 3.8) is 0 Å². The van der Waals surface area contributed by atoms with E-state index in [9.17, 15) is 14.3 Å². The number of halogens is 4. The summed E-state index contributed by atoms with van der Waals surface area (Å²) in [6, 6.07) is 15.3. The van der Waals surface area contributed by atoms with E-state index in [4.69, 9.17) is 23.2 Å². The van der Waals surface area contributed by atoms with Crippen molar-refractivity contribution in [3.05, 3.63) is 93.6 Å². The average molecular weight is 459 g/mol. The Morgan fingerprint density at radius 1 is 1.00 bits per heavy atom. The summed E-state index contributed by atoms with van der Waals surface area (Å²) in [7, 11) is 0. The molecule has 0 unspecified atom stereocenters. The number of aromatic nitrogens is 2. The number of carboxylic acid groups (broad SMARTS) is 1. The second-order valence-corrected chi connectivity index (χ2v) is 7.60. The largest absolute Gasteiger partial charge is 0.476 e. The van der Waals surface area contributed by atoms with Crippen molar-refractivity contribution < 1.29 is 18.7 Å². The zero-order valence-corrected chi connectivity index (χ0v) is 17.5. The minimum absolute atomic E-state index is 0.00111. The van der Waals surface area contributed by atoms with Gasteiger partial charge in [0.2, 0.25) is 0 Å². The van der Waals surface area contributed by atoms with Crippen LogP contribution < -0.4 is 0 Å². The van der Waals surface area contributed by atoms with E-state index in [0.717, 1.165) is 11.6 Å². The van der Waals surface area contributed by atoms with Crippen LogP contribution in [0.5, 0.6) is 0 Å². The number of nitrogens with zero attached hydrogens (tertiary/aromatic N) is 2. The molecule has 156 valence electrons. The molecular weight excluding hydrogens is 445 g/mol. The molecule has 0 aliphatic carbocycles. The number of carbonyl (C=O) groups is 1. The number of aryl methyl sites for hydroxylation is 1. The van der Waals surface area contributed by atoms with Gasteiger partial charge in [-0.2, -0.15) is 0 Å². The Bertz CT molecular complexity index is 1340. The first-order valence-corrected chi connectivity index (χ1v) is 9.87. The number of aromatic carboxylic acids is 1. The van der Waals surface area contributed by atoms with Crippen molar-refractivity contribution >= 4 is 29.2 Å². The van der Waals surface area contributed by atoms with E-state index < -0.39 is 17.6 Å². The number of hydrogen-bond donors (Lipinski definition) is 1. The van der Waals surface area contributed by atoms with E-state index in [-0.39, 0.29) is 38.5 Å². The van der Waals surface area contributed by atoms with E-state index in [1.165, 1.54) is 28.8 Å². The quantitative estimate of drug-likeness (QED) is 0.365. The van der Waals surface area contributed by atoms with Gasteiger partial charge >= 0.3 is 5.97 Å². The number of carboxylic acids is 1. The van der Waals surface area contributed by atoms with Crippen molar-refractivity contribution in [1.82, 2.24) is 9.55 Å². The van der Waals surface area contributed by atoms with Crippen LogP contribution in [0.15, 0.2) is 60.7 Å². The summed E-state index contributed by atoms with van der Waals surface area (Å²) in [5, 5.41) is 9.53. The molecule has 0 fully saturated rings. The van der Waals surface area contributed by atoms with Gasteiger partial charge in [-0.3, -0.25) is 4.57 Å². The summed E-state index contributed by atoms with van der Waals surface area (Å²) in [5.74, 6) is -2.54. The molecule has 4 nitrogen and oxygen atoms in total. The predicted molar refractivity (Wildman–Crippen MR) is 116 cm³/mol. The van der Waals surface area contributed by atoms with Gasteiger partial charge in [-0.15, -0.1) is 0 Å². The SMILES string of the molecule is Cc1ccccc1-c1nc(C(=O)O)c(-c2ccc(F)c(Cl)c2)n1-c1cccc(Cl)c1F. The van der Waals surface area contributed by atoms with Crippen LogP contribution in [0.3, 0.4) is 0 Å². The summed E-state index contributed by atoms with van der Waals surface area (Å²) in [4.78, 5) is 16.4. The van der Waals surface area contributed by atoms with Gasteiger partial charge in [-0.1, -0.05) is 53.5 Å². The van der Waals surface area contributed by atoms with Crippen LogP contribution in [-0.2, 0) is 0 Å². The Kier molecular flexibility index (Phi) is 5.52. The zero-order valence-electron chi connectivity index (χ0n) is 16.0. The highest BCUT2D eigenvalue weighted by Crippen LogP contribution is 2.37. The molecule has 1 aromatic heterocycles. The third-order valence-corrected chi connectivity index (χ3v) is 5.41. The molecule has 31 heavy (non-hydrogen) atoms. The fourth-order valence-electron chi connectivity index (χ4n) is 3.38. The Labute approximate surface area is 186 Å². The molecule has 0 amide bonds. The van der Waals surface area contributed by atoms with Crippen LogP contribution in [-0.4, -0.2) is 20.6 Å². The topological polar surface area (TPSA) is 55.1 Å². The second kappa shape index (κ2) is 8.13. The van der Waals surface area contributed by atoms with Crippen LogP contribution in [0.4, 0.5) is 8.78 Å². The maximum absolute atomic E-state index is 15.1. The number of benzene rings is 3. The molecule has 0 atom stereocenters. The standard InChI is InChI=1S/C23H14Cl2F2N2O2/c1-12-5-2-3-6-14(12)22-28-20(23(30)31)21(13-9-10-17(26)16(25)11-13)29(22)18-8-4-7-15(24)19(18)27/h2-11H,1H3,(H,30,31). The van der Waals surface area contributed by atoms with E-state index in [1.807, 2.05) is 19.1 Å². The molecule has 0 saturated heterocycles. The molecule has 0 radical (unpaired) electrons. The lowest BCUT2D eigenvalue weighted by atomic mass is 10.1. The smallest absolute Gasteiger partial charge is 0.356 e. The fraction of sp³-hybridized carbons (Fsp3) is 0.0435. The maximum Gasteiger partial charge on any atom is 0.356 e. The number of imidazole rings is 1. The molecular formula is C23H14Cl2F2N2O2. The first kappa shape index (κ1) is 21.0. The fourth-order valence-corrected chi connectivity index (χ4v) is 3.73. The second-order valence-electron chi connectivity index (χ2n) is 6.79. The van der Waals surface area contributed by atoms with Crippen LogP contribution in [0.2, 0.25) is 10.0 Å². The predicted octanol–water partition coefficient (Wildman–Crippen LogP) is 6.80. The normalized spacial score (nSPS) is 11.0. The molecule has 1 N–H and O–H groups in total. The third-order valence-electron chi connectivity index (χ3n) is 4.83. The van der Waals surface area contributed by atoms with Crippen LogP contribution in [0, 0.1) is 18.6 Å². The van der Waals surface area contributed by atoms with Gasteiger partial charge in [0, 0.05) is 11.1 Å². The van der Waals surface area contributed by atoms with Gasteiger partial charge in [0.25, 0.3) is 0 Å². The molecule has 8 heteroatoms. The maximum atomic E-state index is 15.1. The van der Waals surface area contributed by atoms with E-state index in [1.54, 1.807) is 18.2 Å². The van der Waals surface area contributed by atoms with Crippen molar-refractivity contribution in [2.24, 2.45) is 0 Å². The minimum atomic E-state index is -1.33. The Balaban J connectivity index is 2.17. The monoisotopic (exact) mass is 458 g/mol. The summed E-state index contributed by atoms with van der Waals surface area (Å²) in [6.45, 7) is 1.83. The van der Waals surface area contributed by atoms with Gasteiger partial charge in [0.1, 0.15) is 11.6 Å². The first-order chi connectivity index (χ1) is 14.8. The summed E-state index contributed by atoms with van der Waals surface area (Å²) >= 11 is 12.0. The highest BCUT2D eigenvalue weighted by Gasteiger charge is 2.28. The lowest BCUT2D eigenvalue weighted by molar-refractivity contribution is 0.0692. The van der Waals surface area contributed by atoms with E-state index in [0.29, 0.717) is 5.56 Å². The van der Waals surface area contributed by atoms with Crippen LogP contribution in [0.25, 0.3) is 28.3 Å². The summed E-state index contributed by atoms with van der Waals surface area (Å²) in [6.07, 6.45) is 0. The van der Waals surface area contributed by atoms with Gasteiger partial charge < -0.3 is 5.11 Å². The molecule has 4 rings (SSSR count). The molecule has 3 aromatic carbocycles. The van der Waals surface area contributed by atoms with Gasteiger partial charge in [-0.25, -0.2) is 18.6 Å². The highest BCUT2D eigenvalue weighted by molar-refractivity contribution is 6.31. The van der Waals surface area contributed by atoms with Gasteiger partial charge in [-0.05, 0) is 42.8 Å². The molecule has 0 aliphatic heterocycles. The first-order valence-electron chi connectivity index (χ1n) is 9.11. The molecule has 4 aromatic rings. The number of rotatable bonds is 4. The van der Waals surface area contributed by atoms with E-state index >= 15 is 4.39 Å². The van der Waals surface area contributed by atoms with Crippen molar-refractivity contribution in [1.29, 1.82) is 0 Å². The summed E-state index contributed by atoms with van der Waals surface area (Å²) < 4.78 is 30.3. The van der Waals surface area contributed by atoms with Crippen molar-refractivity contribution in [2.45, 2.75) is 6.92 Å². The Hall–Kier alpha value is -3.22. The molecule has 0 bridgehead atoms. The lowest BCUT2D eigenvalue weighted by Crippen LogP contribution is -2.05. The Morgan fingerprint density at radius 2 is 1.74 bits per heavy atom.